The summed E-state index contributed by atoms with van der Waals surface area (Å²) in [4.78, 5) is 12.3. The molecule has 7 nitrogen and oxygen atoms in total. The lowest BCUT2D eigenvalue weighted by Gasteiger charge is -2.19. The van der Waals surface area contributed by atoms with Crippen molar-refractivity contribution in [3.05, 3.63) is 64.7 Å². The monoisotopic (exact) mass is 456 g/mol. The van der Waals surface area contributed by atoms with Crippen LogP contribution in [0, 0.1) is 6.92 Å². The van der Waals surface area contributed by atoms with E-state index in [1.807, 2.05) is 6.92 Å². The maximum atomic E-state index is 12.7. The van der Waals surface area contributed by atoms with Gasteiger partial charge in [-0.15, -0.1) is 10.2 Å². The van der Waals surface area contributed by atoms with Crippen LogP contribution < -0.4 is 9.62 Å². The molecule has 2 aromatic carbocycles. The van der Waals surface area contributed by atoms with E-state index in [0.29, 0.717) is 5.69 Å². The van der Waals surface area contributed by atoms with Crippen LogP contribution in [0.4, 0.5) is 24.0 Å². The zero-order chi connectivity index (χ0) is 22.1. The van der Waals surface area contributed by atoms with E-state index in [1.165, 1.54) is 43.4 Å². The Kier molecular flexibility index (Phi) is 5.81. The molecule has 0 unspecified atom stereocenters. The number of hydrogen-bond donors (Lipinski definition) is 1. The molecular formula is C18H15F3N4O3S2. The van der Waals surface area contributed by atoms with E-state index in [1.54, 1.807) is 12.1 Å². The van der Waals surface area contributed by atoms with E-state index in [-0.39, 0.29) is 26.9 Å². The Morgan fingerprint density at radius 2 is 1.63 bits per heavy atom. The molecule has 30 heavy (non-hydrogen) atoms. The number of halogens is 3. The first-order valence-corrected chi connectivity index (χ1v) is 10.6. The molecule has 0 saturated carbocycles. The maximum Gasteiger partial charge on any atom is 0.445 e. The van der Waals surface area contributed by atoms with E-state index >= 15 is 0 Å². The fraction of sp³-hybridized carbons (Fsp3) is 0.167. The Morgan fingerprint density at radius 3 is 2.17 bits per heavy atom. The Bertz CT molecular complexity index is 1160. The maximum absolute atomic E-state index is 12.7. The number of benzene rings is 2. The van der Waals surface area contributed by atoms with E-state index < -0.39 is 27.1 Å². The van der Waals surface area contributed by atoms with Gasteiger partial charge in [-0.3, -0.25) is 14.4 Å². The van der Waals surface area contributed by atoms with Gasteiger partial charge >= 0.3 is 6.18 Å². The van der Waals surface area contributed by atoms with Gasteiger partial charge < -0.3 is 0 Å². The first-order valence-electron chi connectivity index (χ1n) is 8.36. The van der Waals surface area contributed by atoms with Crippen LogP contribution in [0.2, 0.25) is 0 Å². The number of amides is 1. The van der Waals surface area contributed by atoms with Crippen molar-refractivity contribution in [3.8, 4) is 0 Å². The number of nitrogens with one attached hydrogen (secondary N) is 1. The van der Waals surface area contributed by atoms with E-state index in [2.05, 4.69) is 15.5 Å². The number of carbonyl (C=O) groups excluding carboxylic acids is 1. The molecule has 1 amide bonds. The van der Waals surface area contributed by atoms with Crippen molar-refractivity contribution in [2.24, 2.45) is 0 Å². The van der Waals surface area contributed by atoms with Crippen molar-refractivity contribution in [1.29, 1.82) is 0 Å². The molecule has 0 atom stereocenters. The highest BCUT2D eigenvalue weighted by Gasteiger charge is 2.35. The fourth-order valence-corrected chi connectivity index (χ4v) is 4.19. The second-order valence-corrected chi connectivity index (χ2v) is 9.14. The average Bonchev–Trinajstić information content (AvgIpc) is 3.17. The van der Waals surface area contributed by atoms with Crippen molar-refractivity contribution >= 4 is 38.1 Å². The van der Waals surface area contributed by atoms with Crippen LogP contribution in [-0.2, 0) is 16.2 Å². The molecule has 12 heteroatoms. The van der Waals surface area contributed by atoms with Gasteiger partial charge in [-0.1, -0.05) is 29.0 Å². The quantitative estimate of drug-likeness (QED) is 0.628. The molecule has 158 valence electrons. The van der Waals surface area contributed by atoms with Gasteiger partial charge in [-0.05, 0) is 43.3 Å². The number of nitrogens with zero attached hydrogens (tertiary/aromatic N) is 3. The predicted octanol–water partition coefficient (Wildman–Crippen LogP) is 3.94. The number of rotatable bonds is 5. The molecule has 1 heterocycles. The van der Waals surface area contributed by atoms with Crippen molar-refractivity contribution in [2.75, 3.05) is 16.7 Å². The number of carbonyl (C=O) groups is 1. The molecule has 0 spiro atoms. The van der Waals surface area contributed by atoms with Crippen molar-refractivity contribution < 1.29 is 26.4 Å². The summed E-state index contributed by atoms with van der Waals surface area (Å²) < 4.78 is 64.2. The number of aromatic nitrogens is 2. The Morgan fingerprint density at radius 1 is 1.03 bits per heavy atom. The van der Waals surface area contributed by atoms with Crippen molar-refractivity contribution in [2.45, 2.75) is 18.0 Å². The van der Waals surface area contributed by atoms with Gasteiger partial charge in [0, 0.05) is 12.6 Å². The van der Waals surface area contributed by atoms with Gasteiger partial charge in [0.15, 0.2) is 0 Å². The SMILES string of the molecule is Cc1ccc(S(=O)(=O)N(C)c2ccc(C(=O)Nc3nnc(C(F)(F)F)s3)cc2)cc1. The van der Waals surface area contributed by atoms with Gasteiger partial charge in [0.2, 0.25) is 10.1 Å². The molecule has 3 aromatic rings. The second-order valence-electron chi connectivity index (χ2n) is 6.20. The summed E-state index contributed by atoms with van der Waals surface area (Å²) in [5.41, 5.74) is 1.34. The van der Waals surface area contributed by atoms with E-state index in [9.17, 15) is 26.4 Å². The molecule has 0 aliphatic heterocycles. The average molecular weight is 456 g/mol. The lowest BCUT2D eigenvalue weighted by molar-refractivity contribution is -0.138. The molecule has 0 radical (unpaired) electrons. The summed E-state index contributed by atoms with van der Waals surface area (Å²) in [5.74, 6) is -0.699. The number of anilines is 2. The zero-order valence-corrected chi connectivity index (χ0v) is 17.3. The van der Waals surface area contributed by atoms with Gasteiger partial charge in [0.25, 0.3) is 15.9 Å². The number of hydrogen-bond acceptors (Lipinski definition) is 6. The van der Waals surface area contributed by atoms with Crippen LogP contribution in [0.5, 0.6) is 0 Å². The number of sulfonamides is 1. The van der Waals surface area contributed by atoms with E-state index in [4.69, 9.17) is 0 Å². The van der Waals surface area contributed by atoms with Crippen LogP contribution in [0.25, 0.3) is 0 Å². The molecule has 1 N–H and O–H groups in total. The summed E-state index contributed by atoms with van der Waals surface area (Å²) >= 11 is 0.206. The molecule has 0 aliphatic rings. The molecule has 0 saturated heterocycles. The normalized spacial score (nSPS) is 11.9. The molecule has 0 bridgehead atoms. The zero-order valence-electron chi connectivity index (χ0n) is 15.6. The minimum Gasteiger partial charge on any atom is -0.296 e. The predicted molar refractivity (Wildman–Crippen MR) is 106 cm³/mol. The van der Waals surface area contributed by atoms with E-state index in [0.717, 1.165) is 9.87 Å². The Labute approximate surface area is 174 Å². The minimum absolute atomic E-state index is 0.114. The topological polar surface area (TPSA) is 92.3 Å². The van der Waals surface area contributed by atoms with Gasteiger partial charge in [-0.25, -0.2) is 8.42 Å². The molecule has 3 rings (SSSR count). The molecule has 1 aromatic heterocycles. The first kappa shape index (κ1) is 21.7. The molecule has 0 fully saturated rings. The summed E-state index contributed by atoms with van der Waals surface area (Å²) in [6.07, 6.45) is -4.64. The highest BCUT2D eigenvalue weighted by Crippen LogP contribution is 2.33. The highest BCUT2D eigenvalue weighted by molar-refractivity contribution is 7.92. The lowest BCUT2D eigenvalue weighted by atomic mass is 10.2. The third-order valence-electron chi connectivity index (χ3n) is 4.06. The number of alkyl halides is 3. The number of aryl methyl sites for hydroxylation is 1. The molecule has 0 aliphatic carbocycles. The summed E-state index contributed by atoms with van der Waals surface area (Å²) in [7, 11) is -2.41. The minimum atomic E-state index is -4.64. The van der Waals surface area contributed by atoms with Gasteiger partial charge in [0.1, 0.15) is 0 Å². The van der Waals surface area contributed by atoms with Crippen molar-refractivity contribution in [3.63, 3.8) is 0 Å². The van der Waals surface area contributed by atoms with Crippen LogP contribution in [0.15, 0.2) is 53.4 Å². The van der Waals surface area contributed by atoms with Gasteiger partial charge in [0.05, 0.1) is 10.6 Å². The Balaban J connectivity index is 1.74. The standard InChI is InChI=1S/C18H15F3N4O3S2/c1-11-3-9-14(10-4-11)30(27,28)25(2)13-7-5-12(6-8-13)15(26)22-17-24-23-16(29-17)18(19,20)21/h3-10H,1-2H3,(H,22,24,26). The highest BCUT2D eigenvalue weighted by atomic mass is 32.2. The molecular weight excluding hydrogens is 441 g/mol. The second kappa shape index (κ2) is 8.03. The van der Waals surface area contributed by atoms with Crippen LogP contribution >= 0.6 is 11.3 Å². The smallest absolute Gasteiger partial charge is 0.296 e. The lowest BCUT2D eigenvalue weighted by Crippen LogP contribution is -2.26. The first-order chi connectivity index (χ1) is 14.0. The fourth-order valence-electron chi connectivity index (χ4n) is 2.39. The Hall–Kier alpha value is -2.99. The largest absolute Gasteiger partial charge is 0.445 e. The summed E-state index contributed by atoms with van der Waals surface area (Å²) in [5, 5.41) is 7.05. The van der Waals surface area contributed by atoms with Crippen LogP contribution in [0.3, 0.4) is 0 Å². The van der Waals surface area contributed by atoms with Crippen LogP contribution in [0.1, 0.15) is 20.9 Å². The van der Waals surface area contributed by atoms with Crippen LogP contribution in [-0.4, -0.2) is 31.6 Å². The van der Waals surface area contributed by atoms with Gasteiger partial charge in [-0.2, -0.15) is 13.2 Å². The summed E-state index contributed by atoms with van der Waals surface area (Å²) in [6, 6.07) is 11.9. The summed E-state index contributed by atoms with van der Waals surface area (Å²) in [6.45, 7) is 1.84. The third kappa shape index (κ3) is 4.60. The van der Waals surface area contributed by atoms with Crippen molar-refractivity contribution in [1.82, 2.24) is 10.2 Å². The third-order valence-corrected chi connectivity index (χ3v) is 6.74.